The predicted molar refractivity (Wildman–Crippen MR) is 145 cm³/mol. The van der Waals surface area contributed by atoms with E-state index in [1.807, 2.05) is 32.3 Å². The summed E-state index contributed by atoms with van der Waals surface area (Å²) in [6.45, 7) is 14.9. The Hall–Kier alpha value is -3.07. The Labute approximate surface area is 220 Å². The van der Waals surface area contributed by atoms with Crippen molar-refractivity contribution in [3.05, 3.63) is 54.3 Å². The van der Waals surface area contributed by atoms with E-state index in [1.54, 1.807) is 33.2 Å². The maximum atomic E-state index is 13.4. The smallest absolute Gasteiger partial charge is 0.225 e. The van der Waals surface area contributed by atoms with Crippen molar-refractivity contribution >= 4 is 11.7 Å². The van der Waals surface area contributed by atoms with E-state index in [1.165, 1.54) is 6.92 Å². The van der Waals surface area contributed by atoms with Crippen molar-refractivity contribution in [3.8, 4) is 5.75 Å². The third-order valence-electron chi connectivity index (χ3n) is 5.71. The number of anilines is 1. The molecule has 0 unspecified atom stereocenters. The van der Waals surface area contributed by atoms with Crippen molar-refractivity contribution in [1.29, 1.82) is 0 Å². The number of nitrogens with one attached hydrogen (secondary N) is 1. The highest BCUT2D eigenvalue weighted by Gasteiger charge is 2.28. The van der Waals surface area contributed by atoms with Gasteiger partial charge in [-0.3, -0.25) is 9.78 Å². The van der Waals surface area contributed by atoms with Gasteiger partial charge in [0.15, 0.2) is 11.9 Å². The average Bonchev–Trinajstić information content (AvgIpc) is 2.81. The van der Waals surface area contributed by atoms with Crippen molar-refractivity contribution in [2.45, 2.75) is 78.1 Å². The molecule has 0 spiro atoms. The van der Waals surface area contributed by atoms with E-state index in [9.17, 15) is 9.18 Å². The minimum absolute atomic E-state index is 0.0232. The van der Waals surface area contributed by atoms with Crippen LogP contribution in [0.1, 0.15) is 58.2 Å². The molecular formula is C28H42FN5O3. The molecule has 204 valence electrons. The number of rotatable bonds is 13. The van der Waals surface area contributed by atoms with Crippen LogP contribution in [0.2, 0.25) is 0 Å². The predicted octanol–water partition coefficient (Wildman–Crippen LogP) is 4.62. The zero-order chi connectivity index (χ0) is 27.4. The molecule has 37 heavy (non-hydrogen) atoms. The molecule has 0 saturated carbocycles. The lowest BCUT2D eigenvalue weighted by atomic mass is 10.0. The molecule has 2 aromatic rings. The number of Topliss-reactive ketones (excluding diaryl/α,β-unsaturated/α-hetero) is 1. The van der Waals surface area contributed by atoms with Gasteiger partial charge in [-0.05, 0) is 64.7 Å². The summed E-state index contributed by atoms with van der Waals surface area (Å²) in [5.41, 5.74) is 1.65. The van der Waals surface area contributed by atoms with E-state index in [-0.39, 0.29) is 5.78 Å². The van der Waals surface area contributed by atoms with Gasteiger partial charge in [-0.25, -0.2) is 14.4 Å². The number of aromatic nitrogens is 3. The largest absolute Gasteiger partial charge is 0.481 e. The van der Waals surface area contributed by atoms with Crippen molar-refractivity contribution in [1.82, 2.24) is 20.3 Å². The number of hydrogen-bond donors (Lipinski definition) is 1. The second-order valence-electron chi connectivity index (χ2n) is 10.1. The second-order valence-corrected chi connectivity index (χ2v) is 10.1. The molecule has 2 aromatic heterocycles. The molecule has 1 saturated heterocycles. The highest BCUT2D eigenvalue weighted by molar-refractivity contribution is 5.80. The van der Waals surface area contributed by atoms with Crippen LogP contribution in [0.3, 0.4) is 0 Å². The number of carbonyl (C=O) groups excluding carboxylic acids is 1. The van der Waals surface area contributed by atoms with Crippen LogP contribution in [0.5, 0.6) is 5.75 Å². The molecule has 0 bridgehead atoms. The molecule has 0 aromatic carbocycles. The number of methoxy groups -OCH3 is 1. The fourth-order valence-corrected chi connectivity index (χ4v) is 3.61. The minimum atomic E-state index is -1.18. The van der Waals surface area contributed by atoms with Crippen molar-refractivity contribution < 1.29 is 18.7 Å². The molecule has 1 N–H and O–H groups in total. The fourth-order valence-electron chi connectivity index (χ4n) is 3.61. The van der Waals surface area contributed by atoms with Crippen molar-refractivity contribution in [2.75, 3.05) is 31.7 Å². The maximum absolute atomic E-state index is 13.4. The van der Waals surface area contributed by atoms with Gasteiger partial charge in [0, 0.05) is 44.0 Å². The summed E-state index contributed by atoms with van der Waals surface area (Å²) in [6, 6.07) is 4.03. The number of ether oxygens (including phenoxy) is 2. The van der Waals surface area contributed by atoms with E-state index in [0.29, 0.717) is 37.7 Å². The topological polar surface area (TPSA) is 89.5 Å². The summed E-state index contributed by atoms with van der Waals surface area (Å²) in [5, 5.41) is 3.31. The van der Waals surface area contributed by atoms with Crippen LogP contribution in [-0.2, 0) is 16.0 Å². The van der Waals surface area contributed by atoms with Gasteiger partial charge >= 0.3 is 0 Å². The van der Waals surface area contributed by atoms with Crippen LogP contribution in [0, 0.1) is 6.92 Å². The van der Waals surface area contributed by atoms with Crippen LogP contribution in [0.4, 0.5) is 10.3 Å². The number of aryl methyl sites for hydroxylation is 2. The first kappa shape index (κ1) is 30.2. The third kappa shape index (κ3) is 11.2. The van der Waals surface area contributed by atoms with Crippen LogP contribution < -0.4 is 15.0 Å². The lowest BCUT2D eigenvalue weighted by molar-refractivity contribution is -0.123. The number of hydrogen-bond acceptors (Lipinski definition) is 8. The number of halogens is 1. The Morgan fingerprint density at radius 3 is 2.43 bits per heavy atom. The summed E-state index contributed by atoms with van der Waals surface area (Å²) >= 11 is 0. The van der Waals surface area contributed by atoms with Gasteiger partial charge < -0.3 is 19.7 Å². The normalized spacial score (nSPS) is 14.2. The number of ketones is 1. The molecule has 0 radical (unpaired) electrons. The summed E-state index contributed by atoms with van der Waals surface area (Å²) in [6.07, 6.45) is 7.50. The summed E-state index contributed by atoms with van der Waals surface area (Å²) in [4.78, 5) is 26.4. The SMILES string of the molecule is C=C(COC)NC1CN(c2ncc(C)cn2)C1.CCC[C@@H](Oc1ccc(CCC(C)(C)F)nc1)C(C)=O. The van der Waals surface area contributed by atoms with E-state index < -0.39 is 11.8 Å². The Kier molecular flexibility index (Phi) is 11.9. The minimum Gasteiger partial charge on any atom is -0.481 e. The van der Waals surface area contributed by atoms with E-state index in [2.05, 4.69) is 31.7 Å². The molecule has 3 heterocycles. The fraction of sp³-hybridized carbons (Fsp3) is 0.571. The molecule has 9 heteroatoms. The van der Waals surface area contributed by atoms with Gasteiger partial charge in [0.2, 0.25) is 5.95 Å². The van der Waals surface area contributed by atoms with Crippen molar-refractivity contribution in [2.24, 2.45) is 0 Å². The van der Waals surface area contributed by atoms with Crippen LogP contribution in [0.25, 0.3) is 0 Å². The average molecular weight is 516 g/mol. The quantitative estimate of drug-likeness (QED) is 0.413. The molecule has 8 nitrogen and oxygen atoms in total. The van der Waals surface area contributed by atoms with Gasteiger partial charge in [0.25, 0.3) is 0 Å². The van der Waals surface area contributed by atoms with Gasteiger partial charge in [0.05, 0.1) is 18.8 Å². The summed E-state index contributed by atoms with van der Waals surface area (Å²) in [5.74, 6) is 1.41. The molecule has 0 amide bonds. The highest BCUT2D eigenvalue weighted by atomic mass is 19.1. The van der Waals surface area contributed by atoms with Gasteiger partial charge in [0.1, 0.15) is 11.4 Å². The first-order valence-electron chi connectivity index (χ1n) is 12.8. The second kappa shape index (κ2) is 14.6. The number of nitrogens with zero attached hydrogens (tertiary/aromatic N) is 4. The van der Waals surface area contributed by atoms with E-state index in [0.717, 1.165) is 42.4 Å². The Morgan fingerprint density at radius 2 is 1.92 bits per heavy atom. The maximum Gasteiger partial charge on any atom is 0.225 e. The van der Waals surface area contributed by atoms with Crippen molar-refractivity contribution in [3.63, 3.8) is 0 Å². The Bertz CT molecular complexity index is 971. The van der Waals surface area contributed by atoms with Crippen LogP contribution >= 0.6 is 0 Å². The van der Waals surface area contributed by atoms with Gasteiger partial charge in [-0.2, -0.15) is 0 Å². The number of carbonyl (C=O) groups is 1. The molecular weight excluding hydrogens is 473 g/mol. The standard InChI is InChI=1S/C16H24FNO2.C12H18N4O/c1-5-6-15(12(2)19)20-14-8-7-13(18-11-14)9-10-16(3,4)17;1-9-4-13-12(14-5-9)16-6-11(7-16)15-10(2)8-17-3/h7-8,11,15H,5-6,9-10H2,1-4H3;4-5,11,15H,2,6-8H2,1,3H3/t15-;/m1./s1. The number of pyridine rings is 1. The van der Waals surface area contributed by atoms with Gasteiger partial charge in [-0.15, -0.1) is 0 Å². The van der Waals surface area contributed by atoms with Crippen LogP contribution in [0.15, 0.2) is 43.0 Å². The summed E-state index contributed by atoms with van der Waals surface area (Å²) < 4.78 is 24.0. The molecule has 1 aliphatic heterocycles. The zero-order valence-electron chi connectivity index (χ0n) is 23.1. The lowest BCUT2D eigenvalue weighted by Crippen LogP contribution is -2.58. The zero-order valence-corrected chi connectivity index (χ0v) is 23.1. The molecule has 1 atom stereocenters. The lowest BCUT2D eigenvalue weighted by Gasteiger charge is -2.40. The summed E-state index contributed by atoms with van der Waals surface area (Å²) in [7, 11) is 1.67. The van der Waals surface area contributed by atoms with E-state index >= 15 is 0 Å². The monoisotopic (exact) mass is 515 g/mol. The number of alkyl halides is 1. The van der Waals surface area contributed by atoms with E-state index in [4.69, 9.17) is 9.47 Å². The Morgan fingerprint density at radius 1 is 1.24 bits per heavy atom. The molecule has 1 fully saturated rings. The van der Waals surface area contributed by atoms with Gasteiger partial charge in [-0.1, -0.05) is 19.9 Å². The first-order chi connectivity index (χ1) is 17.5. The first-order valence-corrected chi connectivity index (χ1v) is 12.8. The molecule has 1 aliphatic rings. The molecule has 0 aliphatic carbocycles. The Balaban J connectivity index is 0.000000263. The highest BCUT2D eigenvalue weighted by Crippen LogP contribution is 2.19. The van der Waals surface area contributed by atoms with Crippen LogP contribution in [-0.4, -0.2) is 65.4 Å². The third-order valence-corrected chi connectivity index (χ3v) is 5.71. The molecule has 3 rings (SSSR count).